The van der Waals surface area contributed by atoms with Gasteiger partial charge in [0.15, 0.2) is 0 Å². The average Bonchev–Trinajstić information content (AvgIpc) is 3.38. The molecule has 0 spiro atoms. The molecule has 0 bridgehead atoms. The summed E-state index contributed by atoms with van der Waals surface area (Å²) in [6.07, 6.45) is 1.54. The molecule has 3 unspecified atom stereocenters. The van der Waals surface area contributed by atoms with Crippen molar-refractivity contribution in [2.45, 2.75) is 43.7 Å². The number of amides is 3. The highest BCUT2D eigenvalue weighted by molar-refractivity contribution is 7.61. The van der Waals surface area contributed by atoms with Crippen LogP contribution in [0.3, 0.4) is 0 Å². The van der Waals surface area contributed by atoms with Crippen molar-refractivity contribution >= 4 is 22.4 Å². The van der Waals surface area contributed by atoms with Gasteiger partial charge in [0.25, 0.3) is 0 Å². The summed E-state index contributed by atoms with van der Waals surface area (Å²) in [5.41, 5.74) is -0.464. The lowest BCUT2D eigenvalue weighted by atomic mass is 9.93. The fourth-order valence-corrected chi connectivity index (χ4v) is 3.66. The molecule has 2 rings (SSSR count). The summed E-state index contributed by atoms with van der Waals surface area (Å²) in [5.74, 6) is -0.433. The standard InChI is InChI=1S/C18H25N3O5S/c1-13(26-3)8-7-11-21(17(23)19-2)16(22)18(12-15(18)20-27(24)25)14-9-5-4-6-10-14/h4-6,9-10,13,15H,7-8,11-12H2,1-3H3,(H,19,23). The van der Waals surface area contributed by atoms with Crippen molar-refractivity contribution in [3.05, 3.63) is 35.9 Å². The van der Waals surface area contributed by atoms with Crippen molar-refractivity contribution in [2.75, 3.05) is 20.7 Å². The summed E-state index contributed by atoms with van der Waals surface area (Å²) in [5, 5.41) is 2.49. The van der Waals surface area contributed by atoms with E-state index in [0.29, 0.717) is 18.4 Å². The van der Waals surface area contributed by atoms with Gasteiger partial charge >= 0.3 is 16.5 Å². The van der Waals surface area contributed by atoms with Gasteiger partial charge in [0, 0.05) is 20.7 Å². The second-order valence-corrected chi connectivity index (χ2v) is 7.23. The van der Waals surface area contributed by atoms with Crippen LogP contribution in [0.5, 0.6) is 0 Å². The van der Waals surface area contributed by atoms with Gasteiger partial charge in [0.05, 0.1) is 12.1 Å². The minimum atomic E-state index is -2.62. The number of urea groups is 1. The van der Waals surface area contributed by atoms with Crippen LogP contribution in [0, 0.1) is 0 Å². The van der Waals surface area contributed by atoms with Gasteiger partial charge in [-0.25, -0.2) is 4.79 Å². The first-order chi connectivity index (χ1) is 12.9. The zero-order chi connectivity index (χ0) is 20.0. The highest BCUT2D eigenvalue weighted by Gasteiger charge is 2.64. The van der Waals surface area contributed by atoms with Crippen LogP contribution in [0.4, 0.5) is 4.79 Å². The van der Waals surface area contributed by atoms with E-state index in [4.69, 9.17) is 4.74 Å². The van der Waals surface area contributed by atoms with Gasteiger partial charge in [0.1, 0.15) is 5.41 Å². The first-order valence-electron chi connectivity index (χ1n) is 8.79. The Kier molecular flexibility index (Phi) is 7.09. The van der Waals surface area contributed by atoms with Gasteiger partial charge in [-0.1, -0.05) is 30.3 Å². The van der Waals surface area contributed by atoms with Crippen LogP contribution in [-0.4, -0.2) is 58.1 Å². The summed E-state index contributed by atoms with van der Waals surface area (Å²) in [4.78, 5) is 26.8. The van der Waals surface area contributed by atoms with E-state index in [1.165, 1.54) is 7.05 Å². The third-order valence-corrected chi connectivity index (χ3v) is 5.33. The molecule has 0 aromatic heterocycles. The Bertz CT molecular complexity index is 804. The molecule has 0 radical (unpaired) electrons. The molecule has 1 N–H and O–H groups in total. The Morgan fingerprint density at radius 2 is 2.04 bits per heavy atom. The molecule has 1 saturated carbocycles. The molecule has 1 fully saturated rings. The Hall–Kier alpha value is -2.26. The SMILES string of the molecule is CNC(=O)N(CCCC(C)OC)C(=O)C1(c2ccccc2)CC1N=S(=O)=O. The molecular formula is C18H25N3O5S. The lowest BCUT2D eigenvalue weighted by Crippen LogP contribution is -2.48. The molecule has 3 atom stereocenters. The molecule has 9 heteroatoms. The van der Waals surface area contributed by atoms with Gasteiger partial charge in [-0.3, -0.25) is 9.69 Å². The van der Waals surface area contributed by atoms with Crippen LogP contribution in [0.15, 0.2) is 34.7 Å². The lowest BCUT2D eigenvalue weighted by molar-refractivity contribution is -0.131. The van der Waals surface area contributed by atoms with Crippen molar-refractivity contribution in [1.29, 1.82) is 0 Å². The molecular weight excluding hydrogens is 370 g/mol. The predicted molar refractivity (Wildman–Crippen MR) is 99.7 cm³/mol. The van der Waals surface area contributed by atoms with E-state index in [1.807, 2.05) is 13.0 Å². The highest BCUT2D eigenvalue weighted by Crippen LogP contribution is 2.52. The smallest absolute Gasteiger partial charge is 0.323 e. The molecule has 1 aromatic carbocycles. The zero-order valence-corrected chi connectivity index (χ0v) is 16.5. The molecule has 0 saturated heterocycles. The number of nitrogens with zero attached hydrogens (tertiary/aromatic N) is 2. The number of hydrogen-bond donors (Lipinski definition) is 1. The van der Waals surface area contributed by atoms with Crippen LogP contribution in [-0.2, 0) is 25.4 Å². The van der Waals surface area contributed by atoms with Gasteiger partial charge in [-0.05, 0) is 31.7 Å². The molecule has 0 aliphatic heterocycles. The number of benzene rings is 1. The Labute approximate surface area is 160 Å². The topological polar surface area (TPSA) is 105 Å². The third-order valence-electron chi connectivity index (χ3n) is 4.91. The van der Waals surface area contributed by atoms with E-state index in [2.05, 4.69) is 9.68 Å². The average molecular weight is 395 g/mol. The largest absolute Gasteiger partial charge is 0.382 e. The van der Waals surface area contributed by atoms with Crippen molar-refractivity contribution in [3.8, 4) is 0 Å². The first kappa shape index (κ1) is 21.0. The van der Waals surface area contributed by atoms with Gasteiger partial charge in [-0.2, -0.15) is 12.8 Å². The van der Waals surface area contributed by atoms with E-state index in [1.54, 1.807) is 31.4 Å². The fraction of sp³-hybridized carbons (Fsp3) is 0.556. The molecule has 0 heterocycles. The van der Waals surface area contributed by atoms with Crippen LogP contribution >= 0.6 is 0 Å². The molecule has 1 aliphatic carbocycles. The molecule has 27 heavy (non-hydrogen) atoms. The summed E-state index contributed by atoms with van der Waals surface area (Å²) in [7, 11) is 0.441. The van der Waals surface area contributed by atoms with E-state index in [9.17, 15) is 18.0 Å². The molecule has 1 aliphatic rings. The van der Waals surface area contributed by atoms with E-state index in [0.717, 1.165) is 4.90 Å². The summed E-state index contributed by atoms with van der Waals surface area (Å²) < 4.78 is 30.9. The number of ether oxygens (including phenoxy) is 1. The Morgan fingerprint density at radius 1 is 1.37 bits per heavy atom. The van der Waals surface area contributed by atoms with E-state index in [-0.39, 0.29) is 19.1 Å². The number of imide groups is 1. The normalized spacial score (nSPS) is 21.8. The second-order valence-electron chi connectivity index (χ2n) is 6.58. The third kappa shape index (κ3) is 4.72. The maximum Gasteiger partial charge on any atom is 0.323 e. The van der Waals surface area contributed by atoms with Gasteiger partial charge < -0.3 is 10.1 Å². The second kappa shape index (κ2) is 9.09. The quantitative estimate of drug-likeness (QED) is 0.722. The monoisotopic (exact) mass is 395 g/mol. The number of nitrogens with one attached hydrogen (secondary N) is 1. The van der Waals surface area contributed by atoms with Crippen LogP contribution in [0.1, 0.15) is 31.7 Å². The predicted octanol–water partition coefficient (Wildman–Crippen LogP) is 1.74. The van der Waals surface area contributed by atoms with Crippen molar-refractivity contribution in [2.24, 2.45) is 4.36 Å². The Balaban J connectivity index is 2.31. The minimum absolute atomic E-state index is 0.0151. The molecule has 8 nitrogen and oxygen atoms in total. The summed E-state index contributed by atoms with van der Waals surface area (Å²) in [6.45, 7) is 2.13. The number of hydrogen-bond acceptors (Lipinski definition) is 6. The van der Waals surface area contributed by atoms with Crippen molar-refractivity contribution in [1.82, 2.24) is 10.2 Å². The molecule has 3 amide bonds. The van der Waals surface area contributed by atoms with E-state index >= 15 is 0 Å². The van der Waals surface area contributed by atoms with E-state index < -0.39 is 33.9 Å². The highest BCUT2D eigenvalue weighted by atomic mass is 32.2. The van der Waals surface area contributed by atoms with Crippen molar-refractivity contribution in [3.63, 3.8) is 0 Å². The summed E-state index contributed by atoms with van der Waals surface area (Å²) >= 11 is 0. The number of carbonyl (C=O) groups is 2. The zero-order valence-electron chi connectivity index (χ0n) is 15.7. The van der Waals surface area contributed by atoms with Gasteiger partial charge in [0.2, 0.25) is 5.91 Å². The van der Waals surface area contributed by atoms with Crippen LogP contribution in [0.2, 0.25) is 0 Å². The number of carbonyl (C=O) groups excluding carboxylic acids is 2. The van der Waals surface area contributed by atoms with Crippen molar-refractivity contribution < 1.29 is 22.7 Å². The molecule has 148 valence electrons. The number of rotatable bonds is 8. The fourth-order valence-electron chi connectivity index (χ4n) is 3.20. The van der Waals surface area contributed by atoms with Crippen LogP contribution < -0.4 is 5.32 Å². The minimum Gasteiger partial charge on any atom is -0.382 e. The Morgan fingerprint density at radius 3 is 2.59 bits per heavy atom. The first-order valence-corrected chi connectivity index (χ1v) is 9.82. The maximum atomic E-state index is 13.3. The van der Waals surface area contributed by atoms with Gasteiger partial charge in [-0.15, -0.1) is 0 Å². The maximum absolute atomic E-state index is 13.3. The van der Waals surface area contributed by atoms with Crippen LogP contribution in [0.25, 0.3) is 0 Å². The number of methoxy groups -OCH3 is 1. The molecule has 1 aromatic rings. The lowest BCUT2D eigenvalue weighted by Gasteiger charge is -2.26. The summed E-state index contributed by atoms with van der Waals surface area (Å²) in [6, 6.07) is 7.67.